The zero-order chi connectivity index (χ0) is 15.9. The first kappa shape index (κ1) is 16.0. The van der Waals surface area contributed by atoms with Crippen molar-refractivity contribution < 1.29 is 13.2 Å². The molecule has 2 N–H and O–H groups in total. The average Bonchev–Trinajstić information content (AvgIpc) is 2.23. The maximum Gasteiger partial charge on any atom is 0.435 e. The summed E-state index contributed by atoms with van der Waals surface area (Å²) < 4.78 is 37.4. The highest BCUT2D eigenvalue weighted by molar-refractivity contribution is 5.35. The first-order valence-electron chi connectivity index (χ1n) is 6.94. The molecule has 21 heavy (non-hydrogen) atoms. The van der Waals surface area contributed by atoms with Crippen molar-refractivity contribution in [1.29, 1.82) is 0 Å². The molecule has 0 spiro atoms. The van der Waals surface area contributed by atoms with Crippen LogP contribution in [-0.4, -0.2) is 27.3 Å². The minimum absolute atomic E-state index is 0.0429. The molecule has 118 valence electrons. The summed E-state index contributed by atoms with van der Waals surface area (Å²) in [5.74, 6) is 0.376. The topological polar surface area (TPSA) is 49.8 Å². The molecule has 4 nitrogen and oxygen atoms in total. The van der Waals surface area contributed by atoms with Gasteiger partial charge in [0.25, 0.3) is 0 Å². The van der Waals surface area contributed by atoms with Crippen molar-refractivity contribution in [2.75, 3.05) is 5.32 Å². The van der Waals surface area contributed by atoms with E-state index in [0.717, 1.165) is 18.9 Å². The Balaban J connectivity index is 2.08. The van der Waals surface area contributed by atoms with Crippen LogP contribution in [0.5, 0.6) is 0 Å². The highest BCUT2D eigenvalue weighted by atomic mass is 19.4. The molecule has 0 aliphatic carbocycles. The van der Waals surface area contributed by atoms with E-state index >= 15 is 0 Å². The minimum atomic E-state index is -4.45. The fourth-order valence-electron chi connectivity index (χ4n) is 3.19. The molecular formula is C14H21F3N4. The lowest BCUT2D eigenvalue weighted by Gasteiger charge is -2.46. The summed E-state index contributed by atoms with van der Waals surface area (Å²) in [4.78, 5) is 0. The van der Waals surface area contributed by atoms with Crippen molar-refractivity contribution in [3.8, 4) is 0 Å². The lowest BCUT2D eigenvalue weighted by atomic mass is 9.79. The van der Waals surface area contributed by atoms with Gasteiger partial charge in [-0.15, -0.1) is 10.2 Å². The van der Waals surface area contributed by atoms with E-state index < -0.39 is 11.9 Å². The van der Waals surface area contributed by atoms with Crippen molar-refractivity contribution in [2.24, 2.45) is 0 Å². The number of halogens is 3. The number of rotatable bonds is 2. The number of aromatic nitrogens is 2. The van der Waals surface area contributed by atoms with Crippen LogP contribution in [0.3, 0.4) is 0 Å². The third-order valence-electron chi connectivity index (χ3n) is 3.50. The first-order chi connectivity index (χ1) is 9.47. The molecule has 0 atom stereocenters. The van der Waals surface area contributed by atoms with Gasteiger partial charge in [0, 0.05) is 17.1 Å². The number of piperidine rings is 1. The molecule has 2 rings (SSSR count). The first-order valence-corrected chi connectivity index (χ1v) is 6.94. The molecule has 0 bridgehead atoms. The summed E-state index contributed by atoms with van der Waals surface area (Å²) in [7, 11) is 0. The van der Waals surface area contributed by atoms with Gasteiger partial charge in [0.2, 0.25) is 0 Å². The zero-order valence-electron chi connectivity index (χ0n) is 12.7. The van der Waals surface area contributed by atoms with Crippen LogP contribution in [0.2, 0.25) is 0 Å². The van der Waals surface area contributed by atoms with Gasteiger partial charge in [-0.25, -0.2) is 0 Å². The smallest absolute Gasteiger partial charge is 0.366 e. The largest absolute Gasteiger partial charge is 0.435 e. The molecule has 1 aliphatic rings. The zero-order valence-corrected chi connectivity index (χ0v) is 12.7. The fourth-order valence-corrected chi connectivity index (χ4v) is 3.19. The second-order valence-electron chi connectivity index (χ2n) is 6.94. The van der Waals surface area contributed by atoms with Crippen LogP contribution in [-0.2, 0) is 6.18 Å². The molecule has 0 unspecified atom stereocenters. The van der Waals surface area contributed by atoms with Gasteiger partial charge >= 0.3 is 6.18 Å². The highest BCUT2D eigenvalue weighted by Crippen LogP contribution is 2.31. The van der Waals surface area contributed by atoms with Gasteiger partial charge in [-0.05, 0) is 52.7 Å². The van der Waals surface area contributed by atoms with Crippen LogP contribution in [0, 0.1) is 0 Å². The van der Waals surface area contributed by atoms with Gasteiger partial charge < -0.3 is 10.6 Å². The Morgan fingerprint density at radius 3 is 2.10 bits per heavy atom. The molecule has 0 amide bonds. The van der Waals surface area contributed by atoms with Crippen LogP contribution in [0.25, 0.3) is 0 Å². The summed E-state index contributed by atoms with van der Waals surface area (Å²) in [6.07, 6.45) is -2.73. The molecule has 1 saturated heterocycles. The maximum atomic E-state index is 12.5. The van der Waals surface area contributed by atoms with E-state index in [1.165, 1.54) is 6.07 Å². The van der Waals surface area contributed by atoms with Crippen molar-refractivity contribution >= 4 is 5.82 Å². The van der Waals surface area contributed by atoms with Crippen LogP contribution in [0.15, 0.2) is 12.1 Å². The molecule has 1 fully saturated rings. The van der Waals surface area contributed by atoms with Gasteiger partial charge in [-0.1, -0.05) is 0 Å². The van der Waals surface area contributed by atoms with Gasteiger partial charge in [0.1, 0.15) is 5.82 Å². The van der Waals surface area contributed by atoms with Gasteiger partial charge in [0.05, 0.1) is 0 Å². The average molecular weight is 302 g/mol. The number of nitrogens with one attached hydrogen (secondary N) is 2. The Bertz CT molecular complexity index is 478. The van der Waals surface area contributed by atoms with Crippen LogP contribution in [0.4, 0.5) is 19.0 Å². The number of alkyl halides is 3. The van der Waals surface area contributed by atoms with E-state index in [1.54, 1.807) is 0 Å². The molecule has 1 aromatic heterocycles. The molecule has 2 heterocycles. The highest BCUT2D eigenvalue weighted by Gasteiger charge is 2.38. The Morgan fingerprint density at radius 2 is 1.67 bits per heavy atom. The summed E-state index contributed by atoms with van der Waals surface area (Å²) in [6.45, 7) is 8.45. The molecule has 7 heteroatoms. The normalized spacial score (nSPS) is 22.0. The predicted molar refractivity (Wildman–Crippen MR) is 75.0 cm³/mol. The van der Waals surface area contributed by atoms with Gasteiger partial charge in [0.15, 0.2) is 5.69 Å². The van der Waals surface area contributed by atoms with Crippen molar-refractivity contribution in [3.63, 3.8) is 0 Å². The van der Waals surface area contributed by atoms with Crippen molar-refractivity contribution in [3.05, 3.63) is 17.8 Å². The monoisotopic (exact) mass is 302 g/mol. The van der Waals surface area contributed by atoms with Crippen LogP contribution >= 0.6 is 0 Å². The summed E-state index contributed by atoms with van der Waals surface area (Å²) in [5, 5.41) is 13.6. The molecule has 0 saturated carbocycles. The van der Waals surface area contributed by atoms with E-state index in [9.17, 15) is 13.2 Å². The van der Waals surface area contributed by atoms with Crippen LogP contribution < -0.4 is 10.6 Å². The lowest BCUT2D eigenvalue weighted by Crippen LogP contribution is -2.60. The molecule has 1 aliphatic heterocycles. The minimum Gasteiger partial charge on any atom is -0.366 e. The van der Waals surface area contributed by atoms with Crippen LogP contribution in [0.1, 0.15) is 46.2 Å². The molecule has 1 aromatic rings. The van der Waals surface area contributed by atoms with Crippen molar-refractivity contribution in [1.82, 2.24) is 15.5 Å². The predicted octanol–water partition coefficient (Wildman–Crippen LogP) is 3.22. The third kappa shape index (κ3) is 4.30. The molecule has 0 aromatic carbocycles. The third-order valence-corrected chi connectivity index (χ3v) is 3.50. The fraction of sp³-hybridized carbons (Fsp3) is 0.714. The number of hydrogen-bond acceptors (Lipinski definition) is 4. The second kappa shape index (κ2) is 5.12. The lowest BCUT2D eigenvalue weighted by molar-refractivity contribution is -0.141. The number of nitrogens with zero attached hydrogens (tertiary/aromatic N) is 2. The Labute approximate surface area is 122 Å². The van der Waals surface area contributed by atoms with E-state index in [0.29, 0.717) is 5.82 Å². The van der Waals surface area contributed by atoms with Gasteiger partial charge in [-0.2, -0.15) is 13.2 Å². The number of hydrogen-bond donors (Lipinski definition) is 2. The Kier molecular flexibility index (Phi) is 3.90. The Hall–Kier alpha value is -1.37. The quantitative estimate of drug-likeness (QED) is 0.881. The standard InChI is InChI=1S/C14H21F3N4/c1-12(2)7-9(8-13(3,4)21-12)18-11-6-5-10(19-20-11)14(15,16)17/h5-6,9,21H,7-8H2,1-4H3,(H,18,20). The maximum absolute atomic E-state index is 12.5. The van der Waals surface area contributed by atoms with E-state index in [-0.39, 0.29) is 17.1 Å². The van der Waals surface area contributed by atoms with Crippen molar-refractivity contribution in [2.45, 2.75) is 63.8 Å². The SMILES string of the molecule is CC1(C)CC(Nc2ccc(C(F)(F)F)nn2)CC(C)(C)N1. The van der Waals surface area contributed by atoms with E-state index in [1.807, 2.05) is 0 Å². The number of anilines is 1. The van der Waals surface area contributed by atoms with E-state index in [4.69, 9.17) is 0 Å². The summed E-state index contributed by atoms with van der Waals surface area (Å²) in [5.41, 5.74) is -1.06. The molecule has 0 radical (unpaired) electrons. The molecular weight excluding hydrogens is 281 g/mol. The van der Waals surface area contributed by atoms with Gasteiger partial charge in [-0.3, -0.25) is 0 Å². The Morgan fingerprint density at radius 1 is 1.10 bits per heavy atom. The second-order valence-corrected chi connectivity index (χ2v) is 6.94. The summed E-state index contributed by atoms with van der Waals surface area (Å²) >= 11 is 0. The summed E-state index contributed by atoms with van der Waals surface area (Å²) in [6, 6.07) is 2.42. The van der Waals surface area contributed by atoms with E-state index in [2.05, 4.69) is 48.5 Å².